The molecule has 0 aliphatic rings. The van der Waals surface area contributed by atoms with E-state index in [1.54, 1.807) is 0 Å². The van der Waals surface area contributed by atoms with Gasteiger partial charge in [-0.05, 0) is 18.3 Å². The van der Waals surface area contributed by atoms with Crippen LogP contribution in [-0.2, 0) is 0 Å². The van der Waals surface area contributed by atoms with E-state index in [-0.39, 0.29) is 0 Å². The first-order chi connectivity index (χ1) is 4.13. The minimum Gasteiger partial charge on any atom is -0.769 e. The van der Waals surface area contributed by atoms with E-state index in [0.29, 0.717) is 0 Å². The van der Waals surface area contributed by atoms with E-state index in [2.05, 4.69) is 39.6 Å². The highest BCUT2D eigenvalue weighted by Gasteiger charge is 1.95. The van der Waals surface area contributed by atoms with E-state index < -0.39 is 0 Å². The Morgan fingerprint density at radius 2 is 1.22 bits per heavy atom. The molecule has 0 saturated carbocycles. The predicted octanol–water partition coefficient (Wildman–Crippen LogP) is 2.19. The molecule has 0 fully saturated rings. The molecule has 1 nitrogen and oxygen atoms in total. The zero-order valence-corrected chi connectivity index (χ0v) is 7.40. The molecule has 0 spiro atoms. The standard InChI is InChI=1S/C7H16.ClO/c1-6(2)5-7(3)4;1-2/h6-7H,5H2,1-4H3;/q;-1. The second kappa shape index (κ2) is 8.25. The topological polar surface area (TPSA) is 23.1 Å². The summed E-state index contributed by atoms with van der Waals surface area (Å²) >= 11 is 3.39. The smallest absolute Gasteiger partial charge is 0.0469 e. The van der Waals surface area contributed by atoms with Gasteiger partial charge in [-0.2, -0.15) is 0 Å². The van der Waals surface area contributed by atoms with E-state index in [1.807, 2.05) is 0 Å². The Morgan fingerprint density at radius 3 is 1.22 bits per heavy atom. The first-order valence-corrected chi connectivity index (χ1v) is 3.59. The Morgan fingerprint density at radius 1 is 1.00 bits per heavy atom. The fraction of sp³-hybridized carbons (Fsp3) is 1.00. The third-order valence-electron chi connectivity index (χ3n) is 0.943. The van der Waals surface area contributed by atoms with Crippen molar-refractivity contribution in [2.24, 2.45) is 11.8 Å². The number of hydrogen-bond donors (Lipinski definition) is 0. The maximum absolute atomic E-state index is 7.72. The molecule has 0 aliphatic heterocycles. The summed E-state index contributed by atoms with van der Waals surface area (Å²) in [6.07, 6.45) is 1.36. The summed E-state index contributed by atoms with van der Waals surface area (Å²) in [5.74, 6) is 1.75. The van der Waals surface area contributed by atoms with Crippen molar-refractivity contribution < 1.29 is 4.66 Å². The third kappa shape index (κ3) is 17.8. The zero-order valence-electron chi connectivity index (χ0n) is 6.65. The van der Waals surface area contributed by atoms with Crippen LogP contribution in [0.25, 0.3) is 0 Å². The van der Waals surface area contributed by atoms with Gasteiger partial charge in [0.15, 0.2) is 0 Å². The van der Waals surface area contributed by atoms with Gasteiger partial charge < -0.3 is 4.66 Å². The lowest BCUT2D eigenvalue weighted by molar-refractivity contribution is -0.166. The Balaban J connectivity index is 0. The van der Waals surface area contributed by atoms with Crippen molar-refractivity contribution in [3.05, 3.63) is 0 Å². The Bertz CT molecular complexity index is 38.2. The number of halogens is 1. The Kier molecular flexibility index (Phi) is 11.0. The second-order valence-corrected chi connectivity index (χ2v) is 3.02. The summed E-state index contributed by atoms with van der Waals surface area (Å²) in [4.78, 5) is 0. The first kappa shape index (κ1) is 12.0. The highest BCUT2D eigenvalue weighted by Crippen LogP contribution is 2.08. The van der Waals surface area contributed by atoms with Crippen molar-refractivity contribution in [3.8, 4) is 0 Å². The maximum atomic E-state index is 7.72. The molecule has 0 aliphatic carbocycles. The van der Waals surface area contributed by atoms with Crippen LogP contribution < -0.4 is 4.66 Å². The van der Waals surface area contributed by atoms with Gasteiger partial charge >= 0.3 is 0 Å². The molecule has 58 valence electrons. The van der Waals surface area contributed by atoms with E-state index in [0.717, 1.165) is 11.8 Å². The van der Waals surface area contributed by atoms with Crippen molar-refractivity contribution in [1.82, 2.24) is 0 Å². The normalized spacial score (nSPS) is 9.33. The van der Waals surface area contributed by atoms with Gasteiger partial charge in [0.2, 0.25) is 0 Å². The molecular formula is C7H16ClO-. The highest BCUT2D eigenvalue weighted by molar-refractivity contribution is 6.02. The van der Waals surface area contributed by atoms with Crippen LogP contribution in [0.5, 0.6) is 0 Å². The van der Waals surface area contributed by atoms with Crippen molar-refractivity contribution >= 4 is 11.9 Å². The van der Waals surface area contributed by atoms with Gasteiger partial charge in [-0.15, -0.1) is 0 Å². The van der Waals surface area contributed by atoms with Crippen LogP contribution in [0.4, 0.5) is 0 Å². The summed E-state index contributed by atoms with van der Waals surface area (Å²) in [5.41, 5.74) is 0. The fourth-order valence-electron chi connectivity index (χ4n) is 0.943. The third-order valence-corrected chi connectivity index (χ3v) is 0.943. The van der Waals surface area contributed by atoms with Crippen molar-refractivity contribution in [1.29, 1.82) is 0 Å². The van der Waals surface area contributed by atoms with E-state index >= 15 is 0 Å². The average molecular weight is 152 g/mol. The van der Waals surface area contributed by atoms with E-state index in [1.165, 1.54) is 6.42 Å². The SMILES string of the molecule is CC(C)CC(C)C.[O-]Cl. The lowest BCUT2D eigenvalue weighted by atomic mass is 10.0. The number of hydrogen-bond acceptors (Lipinski definition) is 1. The van der Waals surface area contributed by atoms with Crippen LogP contribution in [-0.4, -0.2) is 0 Å². The molecule has 0 aromatic heterocycles. The first-order valence-electron chi connectivity index (χ1n) is 3.28. The van der Waals surface area contributed by atoms with Crippen LogP contribution in [0.2, 0.25) is 0 Å². The van der Waals surface area contributed by atoms with Gasteiger partial charge in [-0.25, -0.2) is 11.9 Å². The van der Waals surface area contributed by atoms with Crippen LogP contribution in [0.1, 0.15) is 34.1 Å². The minimum absolute atomic E-state index is 0.875. The van der Waals surface area contributed by atoms with Crippen LogP contribution in [0.3, 0.4) is 0 Å². The summed E-state index contributed by atoms with van der Waals surface area (Å²) in [6, 6.07) is 0. The van der Waals surface area contributed by atoms with Gasteiger partial charge in [-0.3, -0.25) is 0 Å². The molecule has 0 amide bonds. The molecule has 0 radical (unpaired) electrons. The molecule has 2 heteroatoms. The van der Waals surface area contributed by atoms with Gasteiger partial charge in [0.05, 0.1) is 0 Å². The van der Waals surface area contributed by atoms with Gasteiger partial charge in [0, 0.05) is 0 Å². The highest BCUT2D eigenvalue weighted by atomic mass is 35.5. The van der Waals surface area contributed by atoms with Gasteiger partial charge in [0.1, 0.15) is 0 Å². The lowest BCUT2D eigenvalue weighted by Gasteiger charge is -2.05. The number of rotatable bonds is 2. The molecule has 0 bridgehead atoms. The van der Waals surface area contributed by atoms with Crippen molar-refractivity contribution in [2.45, 2.75) is 34.1 Å². The summed E-state index contributed by atoms with van der Waals surface area (Å²) in [6.45, 7) is 9.06. The summed E-state index contributed by atoms with van der Waals surface area (Å²) in [5, 5.41) is 0. The molecule has 0 rings (SSSR count). The van der Waals surface area contributed by atoms with E-state index in [4.69, 9.17) is 4.66 Å². The molecule has 0 unspecified atom stereocenters. The van der Waals surface area contributed by atoms with Crippen molar-refractivity contribution in [3.63, 3.8) is 0 Å². The summed E-state index contributed by atoms with van der Waals surface area (Å²) < 4.78 is 7.72. The molecule has 0 aromatic carbocycles. The van der Waals surface area contributed by atoms with Crippen LogP contribution >= 0.6 is 11.9 Å². The summed E-state index contributed by atoms with van der Waals surface area (Å²) in [7, 11) is 0. The Hall–Kier alpha value is 0.250. The maximum Gasteiger partial charge on any atom is -0.0469 e. The molecular weight excluding hydrogens is 136 g/mol. The van der Waals surface area contributed by atoms with E-state index in [9.17, 15) is 0 Å². The molecule has 0 atom stereocenters. The average Bonchev–Trinajstić information content (AvgIpc) is 1.68. The van der Waals surface area contributed by atoms with Crippen molar-refractivity contribution in [2.75, 3.05) is 0 Å². The quantitative estimate of drug-likeness (QED) is 0.594. The van der Waals surface area contributed by atoms with Gasteiger partial charge in [0.25, 0.3) is 0 Å². The van der Waals surface area contributed by atoms with Gasteiger partial charge in [-0.1, -0.05) is 27.7 Å². The Labute approximate surface area is 63.2 Å². The monoisotopic (exact) mass is 151 g/mol. The molecule has 0 saturated heterocycles. The lowest BCUT2D eigenvalue weighted by Crippen LogP contribution is -1.93. The molecule has 0 heterocycles. The molecule has 0 N–H and O–H groups in total. The predicted molar refractivity (Wildman–Crippen MR) is 40.1 cm³/mol. The fourth-order valence-corrected chi connectivity index (χ4v) is 0.943. The minimum atomic E-state index is 0.875. The zero-order chi connectivity index (χ0) is 7.86. The van der Waals surface area contributed by atoms with Crippen LogP contribution in [0.15, 0.2) is 0 Å². The van der Waals surface area contributed by atoms with Crippen LogP contribution in [0, 0.1) is 11.8 Å². The molecule has 0 aromatic rings. The largest absolute Gasteiger partial charge is 0.769 e. The molecule has 9 heavy (non-hydrogen) atoms. The second-order valence-electron chi connectivity index (χ2n) is 3.02.